The van der Waals surface area contributed by atoms with Gasteiger partial charge in [0.1, 0.15) is 6.10 Å². The molecule has 0 radical (unpaired) electrons. The summed E-state index contributed by atoms with van der Waals surface area (Å²) in [6, 6.07) is 0. The Morgan fingerprint density at radius 2 is 1.15 bits per heavy atom. The predicted molar refractivity (Wildman–Crippen MR) is 114 cm³/mol. The van der Waals surface area contributed by atoms with Crippen LogP contribution in [-0.2, 0) is 9.53 Å². The molecule has 1 fully saturated rings. The lowest BCUT2D eigenvalue weighted by Gasteiger charge is -2.25. The highest BCUT2D eigenvalue weighted by molar-refractivity contribution is 5.70. The Hall–Kier alpha value is -0.570. The topological polar surface area (TPSA) is 46.5 Å². The molecule has 2 unspecified atom stereocenters. The highest BCUT2D eigenvalue weighted by Crippen LogP contribution is 2.20. The number of esters is 1. The summed E-state index contributed by atoms with van der Waals surface area (Å²) >= 11 is 0. The molecular weight excluding hydrogens is 336 g/mol. The fraction of sp³-hybridized carbons (Fsp3) is 0.958. The minimum absolute atomic E-state index is 0.0439. The number of aliphatic hydroxyl groups excluding tert-OH is 1. The monoisotopic (exact) mass is 382 g/mol. The molecule has 0 aromatic heterocycles. The largest absolute Gasteiger partial charge is 0.462 e. The van der Waals surface area contributed by atoms with Crippen molar-refractivity contribution in [3.63, 3.8) is 0 Å². The van der Waals surface area contributed by atoms with Gasteiger partial charge >= 0.3 is 5.97 Å². The van der Waals surface area contributed by atoms with Crippen molar-refractivity contribution >= 4 is 5.97 Å². The smallest absolute Gasteiger partial charge is 0.308 e. The lowest BCUT2D eigenvalue weighted by Crippen LogP contribution is -2.32. The standard InChI is InChI=1S/C24H46O3/c1-2-3-4-5-6-7-8-9-10-11-12-13-14-15-16-17-18-19-23-20-22(25)21-24(26)27-23/h22-23,25H,2-21H2,1H3. The summed E-state index contributed by atoms with van der Waals surface area (Å²) in [5.74, 6) is -0.231. The second kappa shape index (κ2) is 17.5. The maximum Gasteiger partial charge on any atom is 0.308 e. The molecule has 1 heterocycles. The molecule has 3 nitrogen and oxygen atoms in total. The second-order valence-electron chi connectivity index (χ2n) is 8.65. The van der Waals surface area contributed by atoms with E-state index in [-0.39, 0.29) is 18.5 Å². The van der Waals surface area contributed by atoms with Gasteiger partial charge in [0.05, 0.1) is 12.5 Å². The molecule has 0 bridgehead atoms. The normalized spacial score (nSPS) is 20.0. The van der Waals surface area contributed by atoms with Gasteiger partial charge in [-0.25, -0.2) is 0 Å². The molecule has 160 valence electrons. The van der Waals surface area contributed by atoms with Gasteiger partial charge in [0.15, 0.2) is 0 Å². The lowest BCUT2D eigenvalue weighted by molar-refractivity contribution is -0.160. The molecule has 3 heteroatoms. The van der Waals surface area contributed by atoms with E-state index in [4.69, 9.17) is 4.74 Å². The minimum Gasteiger partial charge on any atom is -0.462 e. The average molecular weight is 383 g/mol. The van der Waals surface area contributed by atoms with Gasteiger partial charge in [0, 0.05) is 6.42 Å². The third kappa shape index (κ3) is 15.1. The number of ether oxygens (including phenoxy) is 1. The molecule has 1 saturated heterocycles. The van der Waals surface area contributed by atoms with Gasteiger partial charge in [-0.1, -0.05) is 110 Å². The molecule has 1 aliphatic heterocycles. The third-order valence-electron chi connectivity index (χ3n) is 5.87. The van der Waals surface area contributed by atoms with E-state index in [2.05, 4.69) is 6.92 Å². The van der Waals surface area contributed by atoms with Crippen molar-refractivity contribution in [1.82, 2.24) is 0 Å². The number of hydrogen-bond donors (Lipinski definition) is 1. The quantitative estimate of drug-likeness (QED) is 0.203. The molecule has 2 atom stereocenters. The molecule has 0 amide bonds. The van der Waals surface area contributed by atoms with Crippen LogP contribution in [0.2, 0.25) is 0 Å². The van der Waals surface area contributed by atoms with Crippen molar-refractivity contribution in [2.24, 2.45) is 0 Å². The third-order valence-corrected chi connectivity index (χ3v) is 5.87. The molecule has 0 aromatic rings. The summed E-state index contributed by atoms with van der Waals surface area (Å²) in [6.45, 7) is 2.28. The van der Waals surface area contributed by atoms with Crippen molar-refractivity contribution in [1.29, 1.82) is 0 Å². The number of cyclic esters (lactones) is 1. The first-order valence-corrected chi connectivity index (χ1v) is 12.1. The fourth-order valence-corrected chi connectivity index (χ4v) is 4.13. The number of rotatable bonds is 18. The van der Waals surface area contributed by atoms with Crippen LogP contribution in [0.15, 0.2) is 0 Å². The van der Waals surface area contributed by atoms with Crippen LogP contribution < -0.4 is 0 Å². The van der Waals surface area contributed by atoms with Crippen molar-refractivity contribution < 1.29 is 14.6 Å². The number of unbranched alkanes of at least 4 members (excludes halogenated alkanes) is 16. The predicted octanol–water partition coefficient (Wildman–Crippen LogP) is 7.09. The van der Waals surface area contributed by atoms with Crippen LogP contribution in [0.1, 0.15) is 135 Å². The van der Waals surface area contributed by atoms with Crippen LogP contribution in [0.25, 0.3) is 0 Å². The van der Waals surface area contributed by atoms with Crippen LogP contribution in [-0.4, -0.2) is 23.3 Å². The van der Waals surface area contributed by atoms with E-state index in [1.807, 2.05) is 0 Å². The zero-order chi connectivity index (χ0) is 19.6. The molecule has 0 aromatic carbocycles. The Kier molecular flexibility index (Phi) is 15.9. The molecule has 0 aliphatic carbocycles. The Labute approximate surface area is 168 Å². The Bertz CT molecular complexity index is 343. The number of aliphatic hydroxyl groups is 1. The van der Waals surface area contributed by atoms with E-state index in [0.717, 1.165) is 12.8 Å². The lowest BCUT2D eigenvalue weighted by atomic mass is 9.99. The van der Waals surface area contributed by atoms with Gasteiger partial charge in [-0.2, -0.15) is 0 Å². The van der Waals surface area contributed by atoms with E-state index >= 15 is 0 Å². The van der Waals surface area contributed by atoms with Gasteiger partial charge < -0.3 is 9.84 Å². The van der Waals surface area contributed by atoms with Crippen LogP contribution in [0.5, 0.6) is 0 Å². The van der Waals surface area contributed by atoms with Crippen molar-refractivity contribution in [3.8, 4) is 0 Å². The van der Waals surface area contributed by atoms with Gasteiger partial charge in [-0.15, -0.1) is 0 Å². The maximum atomic E-state index is 11.3. The number of carbonyl (C=O) groups is 1. The van der Waals surface area contributed by atoms with Gasteiger partial charge in [-0.3, -0.25) is 4.79 Å². The summed E-state index contributed by atoms with van der Waals surface area (Å²) in [5.41, 5.74) is 0. The van der Waals surface area contributed by atoms with E-state index in [9.17, 15) is 9.90 Å². The van der Waals surface area contributed by atoms with Crippen LogP contribution >= 0.6 is 0 Å². The summed E-state index contributed by atoms with van der Waals surface area (Å²) in [5, 5.41) is 9.59. The van der Waals surface area contributed by atoms with E-state index < -0.39 is 6.10 Å². The minimum atomic E-state index is -0.484. The van der Waals surface area contributed by atoms with Crippen molar-refractivity contribution in [2.75, 3.05) is 0 Å². The molecule has 1 rings (SSSR count). The molecule has 1 aliphatic rings. The summed E-state index contributed by atoms with van der Waals surface area (Å²) in [7, 11) is 0. The summed E-state index contributed by atoms with van der Waals surface area (Å²) in [6.07, 6.45) is 24.6. The molecule has 0 saturated carbocycles. The molecule has 0 spiro atoms. The first-order valence-electron chi connectivity index (χ1n) is 12.1. The first-order chi connectivity index (χ1) is 13.2. The van der Waals surface area contributed by atoms with Crippen LogP contribution in [0.4, 0.5) is 0 Å². The zero-order valence-corrected chi connectivity index (χ0v) is 18.1. The van der Waals surface area contributed by atoms with Crippen LogP contribution in [0.3, 0.4) is 0 Å². The average Bonchev–Trinajstić information content (AvgIpc) is 2.63. The van der Waals surface area contributed by atoms with E-state index in [0.29, 0.717) is 6.42 Å². The van der Waals surface area contributed by atoms with Gasteiger partial charge in [0.2, 0.25) is 0 Å². The summed E-state index contributed by atoms with van der Waals surface area (Å²) in [4.78, 5) is 11.3. The van der Waals surface area contributed by atoms with Crippen LogP contribution in [0, 0.1) is 0 Å². The summed E-state index contributed by atoms with van der Waals surface area (Å²) < 4.78 is 5.29. The molecular formula is C24H46O3. The molecule has 27 heavy (non-hydrogen) atoms. The zero-order valence-electron chi connectivity index (χ0n) is 18.1. The second-order valence-corrected chi connectivity index (χ2v) is 8.65. The Balaban J connectivity index is 1.73. The maximum absolute atomic E-state index is 11.3. The van der Waals surface area contributed by atoms with Gasteiger partial charge in [0.25, 0.3) is 0 Å². The Morgan fingerprint density at radius 1 is 0.741 bits per heavy atom. The molecule has 1 N–H and O–H groups in total. The van der Waals surface area contributed by atoms with E-state index in [1.54, 1.807) is 0 Å². The number of hydrogen-bond acceptors (Lipinski definition) is 3. The van der Waals surface area contributed by atoms with E-state index in [1.165, 1.54) is 103 Å². The van der Waals surface area contributed by atoms with Crippen molar-refractivity contribution in [3.05, 3.63) is 0 Å². The highest BCUT2D eigenvalue weighted by Gasteiger charge is 2.26. The SMILES string of the molecule is CCCCCCCCCCCCCCCCCCCC1CC(O)CC(=O)O1. The highest BCUT2D eigenvalue weighted by atomic mass is 16.5. The Morgan fingerprint density at radius 3 is 1.56 bits per heavy atom. The number of carbonyl (C=O) groups excluding carboxylic acids is 1. The fourth-order valence-electron chi connectivity index (χ4n) is 4.13. The van der Waals surface area contributed by atoms with Gasteiger partial charge in [-0.05, 0) is 12.8 Å². The van der Waals surface area contributed by atoms with Crippen molar-refractivity contribution in [2.45, 2.75) is 148 Å². The first kappa shape index (κ1) is 24.5.